The number of nitrogens with zero attached hydrogens (tertiary/aromatic N) is 1. The van der Waals surface area contributed by atoms with Crippen molar-refractivity contribution >= 4 is 5.97 Å². The van der Waals surface area contributed by atoms with Crippen LogP contribution in [0.1, 0.15) is 28.7 Å². The first-order valence-electron chi connectivity index (χ1n) is 3.93. The number of aromatic nitrogens is 1. The van der Waals surface area contributed by atoms with Gasteiger partial charge in [-0.05, 0) is 13.8 Å². The Morgan fingerprint density at radius 3 is 2.92 bits per heavy atom. The first-order valence-corrected chi connectivity index (χ1v) is 3.93. The number of rotatable bonds is 4. The summed E-state index contributed by atoms with van der Waals surface area (Å²) < 4.78 is 9.83. The maximum atomic E-state index is 10.6. The first-order chi connectivity index (χ1) is 6.16. The molecule has 0 aromatic carbocycles. The molecular weight excluding hydrogens is 174 g/mol. The van der Waals surface area contributed by atoms with E-state index in [1.807, 2.05) is 6.92 Å². The van der Waals surface area contributed by atoms with E-state index >= 15 is 0 Å². The Bertz CT molecular complexity index is 305. The molecule has 0 spiro atoms. The van der Waals surface area contributed by atoms with Gasteiger partial charge in [-0.1, -0.05) is 5.16 Å². The van der Waals surface area contributed by atoms with Gasteiger partial charge in [-0.25, -0.2) is 4.79 Å². The van der Waals surface area contributed by atoms with Gasteiger partial charge in [0.1, 0.15) is 5.76 Å². The number of carboxylic acids is 1. The van der Waals surface area contributed by atoms with E-state index in [1.54, 1.807) is 6.92 Å². The van der Waals surface area contributed by atoms with Crippen LogP contribution in [0.25, 0.3) is 0 Å². The van der Waals surface area contributed by atoms with Crippen LogP contribution in [0.15, 0.2) is 4.52 Å². The molecule has 0 aliphatic rings. The minimum absolute atomic E-state index is 0.0639. The second kappa shape index (κ2) is 4.04. The van der Waals surface area contributed by atoms with Gasteiger partial charge in [0.2, 0.25) is 0 Å². The number of aromatic carboxylic acids is 1. The summed E-state index contributed by atoms with van der Waals surface area (Å²) in [6, 6.07) is 0. The maximum Gasteiger partial charge on any atom is 0.358 e. The van der Waals surface area contributed by atoms with Crippen molar-refractivity contribution in [1.29, 1.82) is 0 Å². The van der Waals surface area contributed by atoms with Gasteiger partial charge >= 0.3 is 5.97 Å². The highest BCUT2D eigenvalue weighted by molar-refractivity contribution is 5.87. The van der Waals surface area contributed by atoms with Crippen molar-refractivity contribution in [3.63, 3.8) is 0 Å². The van der Waals surface area contributed by atoms with Crippen LogP contribution in [-0.2, 0) is 11.3 Å². The highest BCUT2D eigenvalue weighted by Gasteiger charge is 2.18. The average molecular weight is 185 g/mol. The zero-order valence-corrected chi connectivity index (χ0v) is 7.53. The van der Waals surface area contributed by atoms with E-state index in [4.69, 9.17) is 14.4 Å². The molecule has 0 saturated heterocycles. The fourth-order valence-corrected chi connectivity index (χ4v) is 0.933. The van der Waals surface area contributed by atoms with Crippen LogP contribution in [-0.4, -0.2) is 22.8 Å². The Labute approximate surface area is 75.3 Å². The van der Waals surface area contributed by atoms with E-state index < -0.39 is 5.97 Å². The normalized spacial score (nSPS) is 10.3. The van der Waals surface area contributed by atoms with Crippen molar-refractivity contribution < 1.29 is 19.2 Å². The van der Waals surface area contributed by atoms with Gasteiger partial charge in [0.15, 0.2) is 5.69 Å². The summed E-state index contributed by atoms with van der Waals surface area (Å²) in [7, 11) is 0. The highest BCUT2D eigenvalue weighted by Crippen LogP contribution is 2.14. The minimum Gasteiger partial charge on any atom is -0.476 e. The van der Waals surface area contributed by atoms with Crippen molar-refractivity contribution in [3.05, 3.63) is 17.0 Å². The molecule has 0 fully saturated rings. The predicted molar refractivity (Wildman–Crippen MR) is 43.5 cm³/mol. The third-order valence-electron chi connectivity index (χ3n) is 1.64. The van der Waals surface area contributed by atoms with E-state index in [0.29, 0.717) is 17.9 Å². The predicted octanol–water partition coefficient (Wildman–Crippen LogP) is 1.22. The second-order valence-electron chi connectivity index (χ2n) is 2.51. The molecule has 13 heavy (non-hydrogen) atoms. The molecule has 0 bridgehead atoms. The molecule has 72 valence electrons. The minimum atomic E-state index is -1.09. The summed E-state index contributed by atoms with van der Waals surface area (Å²) in [6.45, 7) is 4.26. The summed E-state index contributed by atoms with van der Waals surface area (Å²) in [5.74, 6) is -0.600. The lowest BCUT2D eigenvalue weighted by Crippen LogP contribution is -2.03. The topological polar surface area (TPSA) is 72.6 Å². The molecule has 0 saturated carbocycles. The Morgan fingerprint density at radius 2 is 2.38 bits per heavy atom. The van der Waals surface area contributed by atoms with Crippen LogP contribution in [0.2, 0.25) is 0 Å². The third-order valence-corrected chi connectivity index (χ3v) is 1.64. The van der Waals surface area contributed by atoms with Crippen LogP contribution in [0, 0.1) is 6.92 Å². The van der Waals surface area contributed by atoms with Crippen molar-refractivity contribution in [1.82, 2.24) is 5.16 Å². The lowest BCUT2D eigenvalue weighted by molar-refractivity contribution is 0.0678. The van der Waals surface area contributed by atoms with E-state index in [9.17, 15) is 4.79 Å². The van der Waals surface area contributed by atoms with E-state index in [0.717, 1.165) is 0 Å². The summed E-state index contributed by atoms with van der Waals surface area (Å²) in [4.78, 5) is 10.6. The zero-order valence-electron chi connectivity index (χ0n) is 7.53. The molecule has 0 atom stereocenters. The Balaban J connectivity index is 2.88. The van der Waals surface area contributed by atoms with Gasteiger partial charge in [0.25, 0.3) is 0 Å². The number of carbonyl (C=O) groups is 1. The van der Waals surface area contributed by atoms with Crippen LogP contribution in [0.5, 0.6) is 0 Å². The molecule has 0 aliphatic heterocycles. The van der Waals surface area contributed by atoms with Crippen LogP contribution in [0.3, 0.4) is 0 Å². The summed E-state index contributed by atoms with van der Waals surface area (Å²) >= 11 is 0. The molecule has 0 amide bonds. The fraction of sp³-hybridized carbons (Fsp3) is 0.500. The van der Waals surface area contributed by atoms with Gasteiger partial charge < -0.3 is 14.4 Å². The molecule has 1 rings (SSSR count). The monoisotopic (exact) mass is 185 g/mol. The first kappa shape index (κ1) is 9.73. The summed E-state index contributed by atoms with van der Waals surface area (Å²) in [5.41, 5.74) is 0.445. The van der Waals surface area contributed by atoms with Crippen molar-refractivity contribution in [2.75, 3.05) is 6.61 Å². The molecule has 1 aromatic rings. The van der Waals surface area contributed by atoms with Gasteiger partial charge in [0.05, 0.1) is 12.2 Å². The molecule has 0 radical (unpaired) electrons. The Kier molecular flexibility index (Phi) is 3.02. The maximum absolute atomic E-state index is 10.6. The fourth-order valence-electron chi connectivity index (χ4n) is 0.933. The third kappa shape index (κ3) is 2.06. The zero-order chi connectivity index (χ0) is 9.84. The number of ether oxygens (including phenoxy) is 1. The number of hydrogen-bond donors (Lipinski definition) is 1. The van der Waals surface area contributed by atoms with Crippen molar-refractivity contribution in [3.8, 4) is 0 Å². The number of hydrogen-bond acceptors (Lipinski definition) is 4. The molecular formula is C8H11NO4. The summed E-state index contributed by atoms with van der Waals surface area (Å²) in [6.07, 6.45) is 0. The van der Waals surface area contributed by atoms with Gasteiger partial charge in [0, 0.05) is 6.61 Å². The van der Waals surface area contributed by atoms with Crippen molar-refractivity contribution in [2.45, 2.75) is 20.5 Å². The molecule has 1 aromatic heterocycles. The lowest BCUT2D eigenvalue weighted by atomic mass is 10.2. The smallest absolute Gasteiger partial charge is 0.358 e. The van der Waals surface area contributed by atoms with Gasteiger partial charge in [-0.15, -0.1) is 0 Å². The molecule has 1 N–H and O–H groups in total. The second-order valence-corrected chi connectivity index (χ2v) is 2.51. The van der Waals surface area contributed by atoms with E-state index in [2.05, 4.69) is 5.16 Å². The Hall–Kier alpha value is -1.36. The Morgan fingerprint density at radius 1 is 1.69 bits per heavy atom. The molecule has 0 aliphatic carbocycles. The van der Waals surface area contributed by atoms with Gasteiger partial charge in [-0.3, -0.25) is 0 Å². The SMILES string of the molecule is CCOCc1c(C(=O)O)noc1C. The molecule has 0 unspecified atom stereocenters. The molecule has 1 heterocycles. The quantitative estimate of drug-likeness (QED) is 0.763. The van der Waals surface area contributed by atoms with E-state index in [1.165, 1.54) is 0 Å². The molecule has 5 heteroatoms. The highest BCUT2D eigenvalue weighted by atomic mass is 16.5. The van der Waals surface area contributed by atoms with Crippen LogP contribution >= 0.6 is 0 Å². The lowest BCUT2D eigenvalue weighted by Gasteiger charge is -1.98. The van der Waals surface area contributed by atoms with E-state index in [-0.39, 0.29) is 12.3 Å². The largest absolute Gasteiger partial charge is 0.476 e. The van der Waals surface area contributed by atoms with Crippen molar-refractivity contribution in [2.24, 2.45) is 0 Å². The van der Waals surface area contributed by atoms with Gasteiger partial charge in [-0.2, -0.15) is 0 Å². The van der Waals surface area contributed by atoms with Crippen LogP contribution < -0.4 is 0 Å². The standard InChI is InChI=1S/C8H11NO4/c1-3-12-4-6-5(2)13-9-7(6)8(10)11/h3-4H2,1-2H3,(H,10,11). The molecule has 5 nitrogen and oxygen atoms in total. The number of aryl methyl sites for hydroxylation is 1. The summed E-state index contributed by atoms with van der Waals surface area (Å²) in [5, 5.41) is 12.1. The number of carboxylic acid groups (broad SMARTS) is 1. The van der Waals surface area contributed by atoms with Crippen LogP contribution in [0.4, 0.5) is 0 Å². The average Bonchev–Trinajstić information content (AvgIpc) is 2.43.